The van der Waals surface area contributed by atoms with Gasteiger partial charge in [0.05, 0.1) is 11.2 Å². The molecule has 0 aliphatic carbocycles. The lowest BCUT2D eigenvalue weighted by molar-refractivity contribution is 0.102. The number of thiazole rings is 1. The van der Waals surface area contributed by atoms with Crippen LogP contribution in [0.15, 0.2) is 53.0 Å². The number of benzene rings is 1. The topological polar surface area (TPSA) is 76.4 Å². The van der Waals surface area contributed by atoms with Crippen molar-refractivity contribution in [3.8, 4) is 0 Å². The van der Waals surface area contributed by atoms with E-state index >= 15 is 0 Å². The van der Waals surface area contributed by atoms with Crippen molar-refractivity contribution in [1.82, 2.24) is 14.4 Å². The number of nitrogens with zero attached hydrogens (tertiary/aromatic N) is 3. The zero-order valence-corrected chi connectivity index (χ0v) is 13.5. The lowest BCUT2D eigenvalue weighted by Gasteiger charge is -2.09. The molecule has 24 heavy (non-hydrogen) atoms. The fraction of sp³-hybridized carbons (Fsp3) is 0.0588. The second-order valence-corrected chi connectivity index (χ2v) is 6.25. The molecule has 0 fully saturated rings. The van der Waals surface area contributed by atoms with Gasteiger partial charge >= 0.3 is 0 Å². The van der Waals surface area contributed by atoms with Gasteiger partial charge in [0, 0.05) is 29.4 Å². The molecule has 3 heterocycles. The minimum Gasteiger partial charge on any atom is -0.320 e. The summed E-state index contributed by atoms with van der Waals surface area (Å²) in [5.41, 5.74) is 1.86. The van der Waals surface area contributed by atoms with Crippen LogP contribution in [-0.4, -0.2) is 20.3 Å². The molecule has 0 saturated carbocycles. The van der Waals surface area contributed by atoms with Crippen molar-refractivity contribution in [3.63, 3.8) is 0 Å². The molecule has 0 bridgehead atoms. The van der Waals surface area contributed by atoms with Gasteiger partial charge in [-0.25, -0.2) is 4.98 Å². The van der Waals surface area contributed by atoms with Gasteiger partial charge in [-0.15, -0.1) is 11.3 Å². The molecule has 1 N–H and O–H groups in total. The number of nitrogens with one attached hydrogen (secondary N) is 1. The minimum atomic E-state index is -0.495. The zero-order valence-electron chi connectivity index (χ0n) is 12.7. The Hall–Kier alpha value is -3.06. The maximum Gasteiger partial charge on any atom is 0.271 e. The summed E-state index contributed by atoms with van der Waals surface area (Å²) in [7, 11) is 0. The van der Waals surface area contributed by atoms with Crippen LogP contribution in [0.1, 0.15) is 15.9 Å². The van der Waals surface area contributed by atoms with Crippen LogP contribution >= 0.6 is 11.3 Å². The molecule has 0 atom stereocenters. The predicted octanol–water partition coefficient (Wildman–Crippen LogP) is 2.86. The molecule has 6 nitrogen and oxygen atoms in total. The average molecular weight is 336 g/mol. The second kappa shape index (κ2) is 5.54. The van der Waals surface area contributed by atoms with Crippen molar-refractivity contribution in [2.45, 2.75) is 6.92 Å². The van der Waals surface area contributed by atoms with Gasteiger partial charge in [-0.2, -0.15) is 0 Å². The molecule has 0 radical (unpaired) electrons. The minimum absolute atomic E-state index is 0.00325. The molecule has 0 aliphatic rings. The van der Waals surface area contributed by atoms with E-state index in [1.165, 1.54) is 21.9 Å². The largest absolute Gasteiger partial charge is 0.320 e. The van der Waals surface area contributed by atoms with E-state index in [-0.39, 0.29) is 11.1 Å². The standard InChI is InChI=1S/C17H12N4O2S/c1-10-7-11-3-2-4-18-14(11)13(8-10)20-15(22)12-9-19-17-21(16(12)23)5-6-24-17/h2-9H,1H3,(H,20,22). The third kappa shape index (κ3) is 2.35. The van der Waals surface area contributed by atoms with E-state index in [0.717, 1.165) is 10.9 Å². The molecule has 118 valence electrons. The third-order valence-corrected chi connectivity index (χ3v) is 4.46. The van der Waals surface area contributed by atoms with Crippen LogP contribution < -0.4 is 10.9 Å². The van der Waals surface area contributed by atoms with Gasteiger partial charge in [0.15, 0.2) is 4.96 Å². The Morgan fingerprint density at radius 1 is 1.29 bits per heavy atom. The summed E-state index contributed by atoms with van der Waals surface area (Å²) >= 11 is 1.34. The molecule has 0 unspecified atom stereocenters. The maximum absolute atomic E-state index is 12.6. The third-order valence-electron chi connectivity index (χ3n) is 3.68. The molecule has 0 aliphatic heterocycles. The van der Waals surface area contributed by atoms with E-state index in [9.17, 15) is 9.59 Å². The molecule has 7 heteroatoms. The van der Waals surface area contributed by atoms with Gasteiger partial charge in [-0.1, -0.05) is 6.07 Å². The summed E-state index contributed by atoms with van der Waals surface area (Å²) in [4.78, 5) is 34.0. The van der Waals surface area contributed by atoms with E-state index < -0.39 is 5.91 Å². The van der Waals surface area contributed by atoms with E-state index in [1.54, 1.807) is 17.8 Å². The van der Waals surface area contributed by atoms with Crippen LogP contribution in [0.4, 0.5) is 5.69 Å². The van der Waals surface area contributed by atoms with Gasteiger partial charge in [0.2, 0.25) is 0 Å². The molecule has 4 aromatic rings. The molecule has 0 spiro atoms. The van der Waals surface area contributed by atoms with Gasteiger partial charge in [-0.05, 0) is 30.7 Å². The Labute approximate surface area is 140 Å². The van der Waals surface area contributed by atoms with Crippen LogP contribution in [0.2, 0.25) is 0 Å². The van der Waals surface area contributed by atoms with E-state index in [0.29, 0.717) is 16.2 Å². The molecule has 1 amide bonds. The monoisotopic (exact) mass is 336 g/mol. The van der Waals surface area contributed by atoms with Crippen LogP contribution in [0.5, 0.6) is 0 Å². The first-order valence-electron chi connectivity index (χ1n) is 7.25. The first-order valence-corrected chi connectivity index (χ1v) is 8.13. The lowest BCUT2D eigenvalue weighted by Crippen LogP contribution is -2.26. The van der Waals surface area contributed by atoms with Crippen LogP contribution in [0, 0.1) is 6.92 Å². The summed E-state index contributed by atoms with van der Waals surface area (Å²) in [5, 5.41) is 5.47. The fourth-order valence-electron chi connectivity index (χ4n) is 2.61. The smallest absolute Gasteiger partial charge is 0.271 e. The SMILES string of the molecule is Cc1cc(NC(=O)c2cnc3sccn3c2=O)c2ncccc2c1. The van der Waals surface area contributed by atoms with Crippen molar-refractivity contribution >= 4 is 38.8 Å². The average Bonchev–Trinajstić information content (AvgIpc) is 3.04. The number of aromatic nitrogens is 3. The van der Waals surface area contributed by atoms with Crippen molar-refractivity contribution in [2.75, 3.05) is 5.32 Å². The zero-order chi connectivity index (χ0) is 16.7. The number of anilines is 1. The fourth-order valence-corrected chi connectivity index (χ4v) is 3.28. The Morgan fingerprint density at radius 3 is 3.04 bits per heavy atom. The Kier molecular flexibility index (Phi) is 3.35. The van der Waals surface area contributed by atoms with Crippen molar-refractivity contribution in [2.24, 2.45) is 0 Å². The highest BCUT2D eigenvalue weighted by molar-refractivity contribution is 7.15. The molecule has 4 rings (SSSR count). The van der Waals surface area contributed by atoms with Crippen molar-refractivity contribution in [3.05, 3.63) is 69.7 Å². The lowest BCUT2D eigenvalue weighted by atomic mass is 10.1. The number of aryl methyl sites for hydroxylation is 1. The summed E-state index contributed by atoms with van der Waals surface area (Å²) in [5.74, 6) is -0.495. The van der Waals surface area contributed by atoms with E-state index in [1.807, 2.05) is 31.2 Å². The first-order chi connectivity index (χ1) is 11.6. The number of amides is 1. The van der Waals surface area contributed by atoms with Gasteiger partial charge in [0.1, 0.15) is 5.56 Å². The molecule has 3 aromatic heterocycles. The Morgan fingerprint density at radius 2 is 2.17 bits per heavy atom. The summed E-state index contributed by atoms with van der Waals surface area (Å²) in [6, 6.07) is 7.60. The van der Waals surface area contributed by atoms with Crippen molar-refractivity contribution in [1.29, 1.82) is 0 Å². The molecule has 1 aromatic carbocycles. The number of carbonyl (C=O) groups excluding carboxylic acids is 1. The molecular formula is C17H12N4O2S. The van der Waals surface area contributed by atoms with Crippen molar-refractivity contribution < 1.29 is 4.79 Å². The summed E-state index contributed by atoms with van der Waals surface area (Å²) < 4.78 is 1.37. The summed E-state index contributed by atoms with van der Waals surface area (Å²) in [6.07, 6.45) is 4.59. The van der Waals surface area contributed by atoms with E-state index in [4.69, 9.17) is 0 Å². The first kappa shape index (κ1) is 14.5. The molecular weight excluding hydrogens is 324 g/mol. The Balaban J connectivity index is 1.79. The summed E-state index contributed by atoms with van der Waals surface area (Å²) in [6.45, 7) is 1.94. The van der Waals surface area contributed by atoms with E-state index in [2.05, 4.69) is 15.3 Å². The van der Waals surface area contributed by atoms with Crippen LogP contribution in [-0.2, 0) is 0 Å². The van der Waals surface area contributed by atoms with Gasteiger partial charge in [0.25, 0.3) is 11.5 Å². The number of rotatable bonds is 2. The number of hydrogen-bond donors (Lipinski definition) is 1. The molecule has 0 saturated heterocycles. The van der Waals surface area contributed by atoms with Crippen LogP contribution in [0.3, 0.4) is 0 Å². The van der Waals surface area contributed by atoms with Crippen LogP contribution in [0.25, 0.3) is 15.9 Å². The number of pyridine rings is 1. The highest BCUT2D eigenvalue weighted by Crippen LogP contribution is 2.23. The normalized spacial score (nSPS) is 11.0. The van der Waals surface area contributed by atoms with Gasteiger partial charge < -0.3 is 5.32 Å². The number of fused-ring (bicyclic) bond motifs is 2. The Bertz CT molecular complexity index is 1150. The highest BCUT2D eigenvalue weighted by atomic mass is 32.1. The second-order valence-electron chi connectivity index (χ2n) is 5.37. The maximum atomic E-state index is 12.6. The highest BCUT2D eigenvalue weighted by Gasteiger charge is 2.15. The number of carbonyl (C=O) groups is 1. The van der Waals surface area contributed by atoms with Gasteiger partial charge in [-0.3, -0.25) is 19.0 Å². The number of hydrogen-bond acceptors (Lipinski definition) is 5. The predicted molar refractivity (Wildman–Crippen MR) is 93.8 cm³/mol. The quantitative estimate of drug-likeness (QED) is 0.611.